The van der Waals surface area contributed by atoms with Gasteiger partial charge in [-0.25, -0.2) is 0 Å². The predicted molar refractivity (Wildman–Crippen MR) is 111 cm³/mol. The average molecular weight is 359 g/mol. The van der Waals surface area contributed by atoms with Gasteiger partial charge in [0.2, 0.25) is 0 Å². The van der Waals surface area contributed by atoms with Crippen molar-refractivity contribution in [2.75, 3.05) is 0 Å². The molecule has 12 atom stereocenters. The largest absolute Gasteiger partial charge is 0.0996 e. The van der Waals surface area contributed by atoms with E-state index in [-0.39, 0.29) is 0 Å². The highest BCUT2D eigenvalue weighted by molar-refractivity contribution is 5.29. The zero-order chi connectivity index (χ0) is 17.9. The van der Waals surface area contributed by atoms with Gasteiger partial charge in [0.15, 0.2) is 0 Å². The first-order valence-electron chi connectivity index (χ1n) is 11.9. The zero-order valence-corrected chi connectivity index (χ0v) is 16.8. The van der Waals surface area contributed by atoms with E-state index in [1.807, 2.05) is 0 Å². The van der Waals surface area contributed by atoms with Gasteiger partial charge in [-0.15, -0.1) is 0 Å². The third-order valence-corrected chi connectivity index (χ3v) is 10.7. The number of rotatable bonds is 0. The first-order valence-corrected chi connectivity index (χ1v) is 11.9. The highest BCUT2D eigenvalue weighted by Gasteiger charge is 2.60. The van der Waals surface area contributed by atoms with Crippen molar-refractivity contribution in [1.82, 2.24) is 0 Å². The summed E-state index contributed by atoms with van der Waals surface area (Å²) >= 11 is 0. The first kappa shape index (κ1) is 15.8. The second-order valence-corrected chi connectivity index (χ2v) is 11.3. The van der Waals surface area contributed by atoms with Crippen molar-refractivity contribution in [2.45, 2.75) is 45.4 Å². The third-order valence-electron chi connectivity index (χ3n) is 10.7. The first-order chi connectivity index (χ1) is 13.2. The monoisotopic (exact) mass is 358 g/mol. The third kappa shape index (κ3) is 1.91. The molecule has 0 amide bonds. The van der Waals surface area contributed by atoms with Gasteiger partial charge in [-0.2, -0.15) is 0 Å². The fourth-order valence-corrected chi connectivity index (χ4v) is 10.1. The molecule has 27 heavy (non-hydrogen) atoms. The molecule has 0 heterocycles. The average Bonchev–Trinajstić information content (AvgIpc) is 3.51. The second-order valence-electron chi connectivity index (χ2n) is 11.3. The molecule has 0 aromatic heterocycles. The quantitative estimate of drug-likeness (QED) is 0.346. The lowest BCUT2D eigenvalue weighted by Gasteiger charge is -2.33. The van der Waals surface area contributed by atoms with Crippen LogP contribution in [0.1, 0.15) is 45.4 Å². The molecule has 8 bridgehead atoms. The maximum Gasteiger partial charge on any atom is -0.0163 e. The summed E-state index contributed by atoms with van der Waals surface area (Å²) in [6, 6.07) is 0. The van der Waals surface area contributed by atoms with Crippen LogP contribution in [0.3, 0.4) is 0 Å². The van der Waals surface area contributed by atoms with Gasteiger partial charge >= 0.3 is 0 Å². The molecule has 0 saturated heterocycles. The van der Waals surface area contributed by atoms with Gasteiger partial charge < -0.3 is 0 Å². The standard InChI is InChI=1S/C14H18.C13H16/c1-2-8-5-11-7-12(8)14-10-4-3-9(6-10)13(11)14;1-7-4-10-6-11(7)13-9-3-2-8(5-9)12(10)13/h2-4,9-14H,5-7H2,1H3;2-3,8-13H,1,4-6H2/b8-2+;. The Hall–Kier alpha value is -1.04. The van der Waals surface area contributed by atoms with E-state index in [1.54, 1.807) is 11.1 Å². The highest BCUT2D eigenvalue weighted by Crippen LogP contribution is 2.67. The van der Waals surface area contributed by atoms with Crippen LogP contribution in [0.5, 0.6) is 0 Å². The Morgan fingerprint density at radius 2 is 1.22 bits per heavy atom. The topological polar surface area (TPSA) is 0 Å². The van der Waals surface area contributed by atoms with Gasteiger partial charge in [0.05, 0.1) is 0 Å². The molecule has 0 aromatic rings. The molecule has 0 radical (unpaired) electrons. The minimum absolute atomic E-state index is 0.926. The molecular formula is C27H34. The molecule has 6 saturated carbocycles. The molecule has 0 N–H and O–H groups in total. The van der Waals surface area contributed by atoms with Crippen molar-refractivity contribution in [3.63, 3.8) is 0 Å². The zero-order valence-electron chi connectivity index (χ0n) is 16.8. The lowest BCUT2D eigenvalue weighted by molar-refractivity contribution is 0.243. The number of hydrogen-bond acceptors (Lipinski definition) is 0. The van der Waals surface area contributed by atoms with Crippen LogP contribution in [-0.2, 0) is 0 Å². The summed E-state index contributed by atoms with van der Waals surface area (Å²) < 4.78 is 0. The maximum absolute atomic E-state index is 4.26. The second kappa shape index (κ2) is 5.31. The van der Waals surface area contributed by atoms with Crippen molar-refractivity contribution >= 4 is 0 Å². The molecule has 0 aromatic carbocycles. The van der Waals surface area contributed by atoms with Gasteiger partial charge in [-0.05, 0) is 116 Å². The smallest absolute Gasteiger partial charge is 0.0163 e. The minimum atomic E-state index is 0.926. The van der Waals surface area contributed by atoms with Crippen LogP contribution >= 0.6 is 0 Å². The summed E-state index contributed by atoms with van der Waals surface area (Å²) in [4.78, 5) is 0. The SMILES string of the molecule is C/C=C1\CC2CC1C1C3C=CC(C3)C21.C=C1CC2CC1C1C3C=CC(C3)C21. The van der Waals surface area contributed by atoms with Crippen LogP contribution < -0.4 is 0 Å². The van der Waals surface area contributed by atoms with Crippen molar-refractivity contribution in [1.29, 1.82) is 0 Å². The molecule has 0 aliphatic heterocycles. The molecule has 0 spiro atoms. The van der Waals surface area contributed by atoms with E-state index in [4.69, 9.17) is 0 Å². The molecule has 8 aliphatic rings. The highest BCUT2D eigenvalue weighted by atomic mass is 14.6. The Morgan fingerprint density at radius 3 is 1.85 bits per heavy atom. The molecule has 142 valence electrons. The minimum Gasteiger partial charge on any atom is -0.0996 e. The Morgan fingerprint density at radius 1 is 0.704 bits per heavy atom. The Balaban J connectivity index is 0.000000101. The molecule has 12 unspecified atom stereocenters. The summed E-state index contributed by atoms with van der Waals surface area (Å²) in [6.45, 7) is 6.50. The summed E-state index contributed by atoms with van der Waals surface area (Å²) in [7, 11) is 0. The molecule has 6 fully saturated rings. The normalized spacial score (nSPS) is 60.5. The van der Waals surface area contributed by atoms with Crippen LogP contribution in [0.25, 0.3) is 0 Å². The van der Waals surface area contributed by atoms with Crippen molar-refractivity contribution in [3.05, 3.63) is 48.1 Å². The summed E-state index contributed by atoms with van der Waals surface area (Å²) in [5.74, 6) is 12.2. The van der Waals surface area contributed by atoms with Crippen LogP contribution in [0.2, 0.25) is 0 Å². The van der Waals surface area contributed by atoms with Crippen LogP contribution in [0.4, 0.5) is 0 Å². The van der Waals surface area contributed by atoms with Crippen molar-refractivity contribution < 1.29 is 0 Å². The van der Waals surface area contributed by atoms with Gasteiger partial charge in [-0.3, -0.25) is 0 Å². The van der Waals surface area contributed by atoms with Gasteiger partial charge in [0, 0.05) is 0 Å². The van der Waals surface area contributed by atoms with Gasteiger partial charge in [0.25, 0.3) is 0 Å². The fourth-order valence-electron chi connectivity index (χ4n) is 10.1. The summed E-state index contributed by atoms with van der Waals surface area (Å²) in [6.07, 6.45) is 21.3. The summed E-state index contributed by atoms with van der Waals surface area (Å²) in [5, 5.41) is 0. The Bertz CT molecular complexity index is 780. The summed E-state index contributed by atoms with van der Waals surface area (Å²) in [5.41, 5.74) is 3.39. The Labute approximate surface area is 164 Å². The molecule has 8 rings (SSSR count). The number of allylic oxidation sites excluding steroid dienone is 7. The molecule has 0 heteroatoms. The van der Waals surface area contributed by atoms with E-state index in [9.17, 15) is 0 Å². The van der Waals surface area contributed by atoms with Gasteiger partial charge in [-0.1, -0.05) is 48.1 Å². The van der Waals surface area contributed by atoms with Crippen molar-refractivity contribution in [2.24, 2.45) is 71.0 Å². The van der Waals surface area contributed by atoms with Crippen molar-refractivity contribution in [3.8, 4) is 0 Å². The maximum atomic E-state index is 4.26. The number of fused-ring (bicyclic) bond motifs is 18. The van der Waals surface area contributed by atoms with Gasteiger partial charge in [0.1, 0.15) is 0 Å². The molecular weight excluding hydrogens is 324 g/mol. The Kier molecular flexibility index (Phi) is 3.11. The predicted octanol–water partition coefficient (Wildman–Crippen LogP) is 6.43. The van der Waals surface area contributed by atoms with E-state index < -0.39 is 0 Å². The fraction of sp³-hybridized carbons (Fsp3) is 0.704. The van der Waals surface area contributed by atoms with Crippen LogP contribution in [0.15, 0.2) is 48.1 Å². The van der Waals surface area contributed by atoms with E-state index in [0.29, 0.717) is 0 Å². The molecule has 0 nitrogen and oxygen atoms in total. The lowest BCUT2D eigenvalue weighted by atomic mass is 9.71. The van der Waals surface area contributed by atoms with E-state index in [2.05, 4.69) is 43.9 Å². The van der Waals surface area contributed by atoms with Crippen LogP contribution in [-0.4, -0.2) is 0 Å². The van der Waals surface area contributed by atoms with E-state index in [1.165, 1.54) is 38.5 Å². The van der Waals surface area contributed by atoms with E-state index in [0.717, 1.165) is 71.0 Å². The number of hydrogen-bond donors (Lipinski definition) is 0. The van der Waals surface area contributed by atoms with E-state index >= 15 is 0 Å². The van der Waals surface area contributed by atoms with Crippen LogP contribution in [0, 0.1) is 71.0 Å². The molecule has 8 aliphatic carbocycles. The lowest BCUT2D eigenvalue weighted by Crippen LogP contribution is -2.26.